The Morgan fingerprint density at radius 2 is 1.74 bits per heavy atom. The maximum Gasteiger partial charge on any atom is 0.339 e. The number of carbonyl (C=O) groups is 1. The minimum atomic E-state index is -1.17. The first-order chi connectivity index (χ1) is 8.95. The zero-order valence-electron chi connectivity index (χ0n) is 9.98. The summed E-state index contributed by atoms with van der Waals surface area (Å²) in [4.78, 5) is 11.0. The van der Waals surface area contributed by atoms with Gasteiger partial charge in [-0.1, -0.05) is 6.07 Å². The van der Waals surface area contributed by atoms with E-state index >= 15 is 0 Å². The first kappa shape index (κ1) is 13.0. The van der Waals surface area contributed by atoms with Crippen molar-refractivity contribution in [3.05, 3.63) is 59.2 Å². The van der Waals surface area contributed by atoms with Crippen molar-refractivity contribution in [2.24, 2.45) is 0 Å². The largest absolute Gasteiger partial charge is 0.478 e. The molecule has 2 aromatic carbocycles. The van der Waals surface area contributed by atoms with E-state index in [1.165, 1.54) is 12.1 Å². The Kier molecular flexibility index (Phi) is 3.46. The van der Waals surface area contributed by atoms with Crippen LogP contribution in [0.25, 0.3) is 0 Å². The molecule has 0 atom stereocenters. The van der Waals surface area contributed by atoms with Crippen molar-refractivity contribution in [3.63, 3.8) is 0 Å². The lowest BCUT2D eigenvalue weighted by Crippen LogP contribution is -2.00. The third-order valence-corrected chi connectivity index (χ3v) is 2.43. The molecule has 0 heterocycles. The highest BCUT2D eigenvalue weighted by Crippen LogP contribution is 2.27. The van der Waals surface area contributed by atoms with Crippen molar-refractivity contribution in [3.8, 4) is 11.5 Å². The summed E-state index contributed by atoms with van der Waals surface area (Å²) >= 11 is 0. The number of hydrogen-bond acceptors (Lipinski definition) is 2. The maximum absolute atomic E-state index is 13.0. The zero-order chi connectivity index (χ0) is 14.0. The number of carboxylic acids is 1. The average molecular weight is 264 g/mol. The molecule has 2 rings (SSSR count). The Balaban J connectivity index is 2.42. The topological polar surface area (TPSA) is 46.5 Å². The normalized spacial score (nSPS) is 10.3. The van der Waals surface area contributed by atoms with Gasteiger partial charge in [0.2, 0.25) is 0 Å². The molecule has 0 spiro atoms. The van der Waals surface area contributed by atoms with Crippen molar-refractivity contribution in [2.75, 3.05) is 0 Å². The number of benzene rings is 2. The minimum Gasteiger partial charge on any atom is -0.478 e. The van der Waals surface area contributed by atoms with Gasteiger partial charge < -0.3 is 9.84 Å². The Hall–Kier alpha value is -2.43. The predicted molar refractivity (Wildman–Crippen MR) is 64.6 cm³/mol. The summed E-state index contributed by atoms with van der Waals surface area (Å²) in [5.74, 6) is -2.81. The van der Waals surface area contributed by atoms with E-state index < -0.39 is 17.6 Å². The van der Waals surface area contributed by atoms with Crippen molar-refractivity contribution in [1.82, 2.24) is 0 Å². The van der Waals surface area contributed by atoms with Crippen LogP contribution in [0.15, 0.2) is 36.4 Å². The summed E-state index contributed by atoms with van der Waals surface area (Å²) in [6.45, 7) is 1.75. The fraction of sp³-hybridized carbons (Fsp3) is 0.0714. The molecular weight excluding hydrogens is 254 g/mol. The molecule has 0 aromatic heterocycles. The lowest BCUT2D eigenvalue weighted by Gasteiger charge is -2.09. The molecule has 5 heteroatoms. The van der Waals surface area contributed by atoms with Gasteiger partial charge in [0.25, 0.3) is 0 Å². The first-order valence-corrected chi connectivity index (χ1v) is 5.43. The summed E-state index contributed by atoms with van der Waals surface area (Å²) in [6.07, 6.45) is 0. The molecule has 98 valence electrons. The summed E-state index contributed by atoms with van der Waals surface area (Å²) < 4.78 is 31.3. The quantitative estimate of drug-likeness (QED) is 0.918. The van der Waals surface area contributed by atoms with E-state index in [0.717, 1.165) is 17.7 Å². The molecule has 0 radical (unpaired) electrons. The molecule has 2 aromatic rings. The molecular formula is C14H10F2O3. The summed E-state index contributed by atoms with van der Waals surface area (Å²) in [5.41, 5.74) is 0.701. The maximum atomic E-state index is 13.0. The van der Waals surface area contributed by atoms with Crippen LogP contribution < -0.4 is 4.74 Å². The smallest absolute Gasteiger partial charge is 0.339 e. The molecule has 0 bridgehead atoms. The second-order valence-corrected chi connectivity index (χ2v) is 4.01. The van der Waals surface area contributed by atoms with Crippen LogP contribution in [-0.4, -0.2) is 11.1 Å². The standard InChI is InChI=1S/C14H10F2O3/c1-8-2-3-12(14(17)18)13(4-8)19-11-6-9(15)5-10(16)7-11/h2-7H,1H3,(H,17,18). The van der Waals surface area contributed by atoms with Crippen molar-refractivity contribution >= 4 is 5.97 Å². The molecule has 19 heavy (non-hydrogen) atoms. The molecule has 0 amide bonds. The van der Waals surface area contributed by atoms with Gasteiger partial charge in [-0.2, -0.15) is 0 Å². The summed E-state index contributed by atoms with van der Waals surface area (Å²) in [7, 11) is 0. The van der Waals surface area contributed by atoms with Gasteiger partial charge in [0.1, 0.15) is 28.7 Å². The predicted octanol–water partition coefficient (Wildman–Crippen LogP) is 3.76. The van der Waals surface area contributed by atoms with E-state index in [4.69, 9.17) is 9.84 Å². The van der Waals surface area contributed by atoms with Gasteiger partial charge in [0.05, 0.1) is 0 Å². The average Bonchev–Trinajstić information content (AvgIpc) is 2.26. The number of halogens is 2. The molecule has 0 aliphatic carbocycles. The van der Waals surface area contributed by atoms with Crippen LogP contribution in [0.2, 0.25) is 0 Å². The number of carboxylic acid groups (broad SMARTS) is 1. The van der Waals surface area contributed by atoms with Crippen LogP contribution in [-0.2, 0) is 0 Å². The van der Waals surface area contributed by atoms with E-state index in [2.05, 4.69) is 0 Å². The molecule has 0 saturated heterocycles. The second-order valence-electron chi connectivity index (χ2n) is 4.01. The fourth-order valence-corrected chi connectivity index (χ4v) is 1.61. The minimum absolute atomic E-state index is 0.0394. The van der Waals surface area contributed by atoms with Gasteiger partial charge in [-0.05, 0) is 24.6 Å². The number of rotatable bonds is 3. The van der Waals surface area contributed by atoms with Gasteiger partial charge in [0, 0.05) is 18.2 Å². The van der Waals surface area contributed by atoms with E-state index in [9.17, 15) is 13.6 Å². The van der Waals surface area contributed by atoms with Crippen molar-refractivity contribution in [1.29, 1.82) is 0 Å². The highest BCUT2D eigenvalue weighted by atomic mass is 19.1. The molecule has 0 unspecified atom stereocenters. The van der Waals surface area contributed by atoms with Crippen molar-refractivity contribution in [2.45, 2.75) is 6.92 Å². The number of aromatic carboxylic acids is 1. The Bertz CT molecular complexity index is 618. The molecule has 0 fully saturated rings. The third kappa shape index (κ3) is 3.07. The van der Waals surface area contributed by atoms with Crippen LogP contribution in [0, 0.1) is 18.6 Å². The van der Waals surface area contributed by atoms with Crippen molar-refractivity contribution < 1.29 is 23.4 Å². The van der Waals surface area contributed by atoms with E-state index in [1.807, 2.05) is 0 Å². The number of aryl methyl sites for hydroxylation is 1. The molecule has 3 nitrogen and oxygen atoms in total. The molecule has 0 aliphatic heterocycles. The Labute approximate surface area is 108 Å². The lowest BCUT2D eigenvalue weighted by molar-refractivity contribution is 0.0694. The van der Waals surface area contributed by atoms with Crippen LogP contribution in [0.5, 0.6) is 11.5 Å². The third-order valence-electron chi connectivity index (χ3n) is 2.43. The Morgan fingerprint density at radius 1 is 1.11 bits per heavy atom. The van der Waals surface area contributed by atoms with Gasteiger partial charge in [0.15, 0.2) is 0 Å². The lowest BCUT2D eigenvalue weighted by atomic mass is 10.1. The van der Waals surface area contributed by atoms with Crippen LogP contribution >= 0.6 is 0 Å². The zero-order valence-corrected chi connectivity index (χ0v) is 9.98. The monoisotopic (exact) mass is 264 g/mol. The number of hydrogen-bond donors (Lipinski definition) is 1. The number of ether oxygens (including phenoxy) is 1. The SMILES string of the molecule is Cc1ccc(C(=O)O)c(Oc2cc(F)cc(F)c2)c1. The van der Waals surface area contributed by atoms with E-state index in [0.29, 0.717) is 6.07 Å². The first-order valence-electron chi connectivity index (χ1n) is 5.43. The molecule has 0 aliphatic rings. The van der Waals surface area contributed by atoms with Gasteiger partial charge >= 0.3 is 5.97 Å². The van der Waals surface area contributed by atoms with Crippen LogP contribution in [0.3, 0.4) is 0 Å². The van der Waals surface area contributed by atoms with Gasteiger partial charge in [-0.25, -0.2) is 13.6 Å². The second kappa shape index (κ2) is 5.06. The highest BCUT2D eigenvalue weighted by molar-refractivity contribution is 5.91. The van der Waals surface area contributed by atoms with E-state index in [-0.39, 0.29) is 17.1 Å². The highest BCUT2D eigenvalue weighted by Gasteiger charge is 2.13. The van der Waals surface area contributed by atoms with Gasteiger partial charge in [-0.3, -0.25) is 0 Å². The van der Waals surface area contributed by atoms with E-state index in [1.54, 1.807) is 13.0 Å². The summed E-state index contributed by atoms with van der Waals surface area (Å²) in [6, 6.07) is 7.16. The fourth-order valence-electron chi connectivity index (χ4n) is 1.61. The summed E-state index contributed by atoms with van der Waals surface area (Å²) in [5, 5.41) is 9.02. The molecule has 1 N–H and O–H groups in total. The Morgan fingerprint density at radius 3 is 2.32 bits per heavy atom. The van der Waals surface area contributed by atoms with Crippen LogP contribution in [0.1, 0.15) is 15.9 Å². The van der Waals surface area contributed by atoms with Crippen LogP contribution in [0.4, 0.5) is 8.78 Å². The molecule has 0 saturated carbocycles. The van der Waals surface area contributed by atoms with Gasteiger partial charge in [-0.15, -0.1) is 0 Å².